The van der Waals surface area contributed by atoms with Gasteiger partial charge in [-0.1, -0.05) is 11.6 Å². The van der Waals surface area contributed by atoms with Crippen molar-refractivity contribution in [2.45, 2.75) is 19.3 Å². The fourth-order valence-corrected chi connectivity index (χ4v) is 2.02. The lowest BCUT2D eigenvalue weighted by molar-refractivity contribution is -0.119. The van der Waals surface area contributed by atoms with Gasteiger partial charge < -0.3 is 5.32 Å². The minimum absolute atomic E-state index is 0.0895. The summed E-state index contributed by atoms with van der Waals surface area (Å²) < 4.78 is 0. The van der Waals surface area contributed by atoms with Gasteiger partial charge in [-0.25, -0.2) is 0 Å². The van der Waals surface area contributed by atoms with Crippen LogP contribution in [0.4, 0.5) is 0 Å². The molecular formula is C10H11ClN2O. The molecule has 0 aliphatic carbocycles. The van der Waals surface area contributed by atoms with E-state index in [0.29, 0.717) is 18.0 Å². The predicted octanol–water partition coefficient (Wildman–Crippen LogP) is 1.65. The van der Waals surface area contributed by atoms with E-state index in [0.717, 1.165) is 11.3 Å². The Hall–Kier alpha value is -1.09. The zero-order chi connectivity index (χ0) is 10.1. The lowest BCUT2D eigenvalue weighted by Crippen LogP contribution is -2.13. The topological polar surface area (TPSA) is 42.0 Å². The van der Waals surface area contributed by atoms with Crippen LogP contribution >= 0.6 is 11.6 Å². The first kappa shape index (κ1) is 9.46. The van der Waals surface area contributed by atoms with Crippen LogP contribution in [0.1, 0.15) is 23.6 Å². The summed E-state index contributed by atoms with van der Waals surface area (Å²) in [6.45, 7) is 2.57. The maximum atomic E-state index is 11.0. The van der Waals surface area contributed by atoms with Crippen LogP contribution in [0.5, 0.6) is 0 Å². The molecule has 1 amide bonds. The monoisotopic (exact) mass is 210 g/mol. The highest BCUT2D eigenvalue weighted by Crippen LogP contribution is 2.28. The molecule has 1 N–H and O–H groups in total. The summed E-state index contributed by atoms with van der Waals surface area (Å²) in [5.74, 6) is 0.273. The number of rotatable bonds is 1. The average Bonchev–Trinajstić information content (AvgIpc) is 2.51. The van der Waals surface area contributed by atoms with Gasteiger partial charge in [0.2, 0.25) is 5.91 Å². The van der Waals surface area contributed by atoms with Crippen molar-refractivity contribution in [1.82, 2.24) is 10.3 Å². The van der Waals surface area contributed by atoms with Gasteiger partial charge in [0.05, 0.1) is 0 Å². The standard InChI is InChI=1S/C10H11ClN2O/c1-6-2-9(11)8(5-12-6)7-3-10(14)13-4-7/h2,5,7H,3-4H2,1H3,(H,13,14). The Morgan fingerprint density at radius 2 is 2.43 bits per heavy atom. The highest BCUT2D eigenvalue weighted by Gasteiger charge is 2.24. The Balaban J connectivity index is 2.28. The number of nitrogens with zero attached hydrogens (tertiary/aromatic N) is 1. The molecule has 0 spiro atoms. The largest absolute Gasteiger partial charge is 0.355 e. The average molecular weight is 211 g/mol. The second-order valence-electron chi connectivity index (χ2n) is 3.55. The van der Waals surface area contributed by atoms with Gasteiger partial charge in [-0.3, -0.25) is 9.78 Å². The quantitative estimate of drug-likeness (QED) is 0.766. The lowest BCUT2D eigenvalue weighted by Gasteiger charge is -2.09. The van der Waals surface area contributed by atoms with Crippen molar-refractivity contribution in [3.63, 3.8) is 0 Å². The molecule has 3 nitrogen and oxygen atoms in total. The van der Waals surface area contributed by atoms with E-state index in [1.165, 1.54) is 0 Å². The number of aryl methyl sites for hydroxylation is 1. The van der Waals surface area contributed by atoms with Crippen molar-refractivity contribution >= 4 is 17.5 Å². The van der Waals surface area contributed by atoms with Gasteiger partial charge in [0, 0.05) is 35.8 Å². The van der Waals surface area contributed by atoms with Crippen LogP contribution < -0.4 is 5.32 Å². The van der Waals surface area contributed by atoms with Crippen molar-refractivity contribution in [3.05, 3.63) is 28.5 Å². The zero-order valence-electron chi connectivity index (χ0n) is 7.88. The summed E-state index contributed by atoms with van der Waals surface area (Å²) >= 11 is 6.08. The number of carbonyl (C=O) groups excluding carboxylic acids is 1. The molecule has 0 radical (unpaired) electrons. The van der Waals surface area contributed by atoms with Crippen molar-refractivity contribution < 1.29 is 4.79 Å². The summed E-state index contributed by atoms with van der Waals surface area (Å²) in [6, 6.07) is 1.83. The first-order valence-electron chi connectivity index (χ1n) is 4.55. The fraction of sp³-hybridized carbons (Fsp3) is 0.400. The molecule has 1 aliphatic rings. The number of amides is 1. The normalized spacial score (nSPS) is 21.0. The summed E-state index contributed by atoms with van der Waals surface area (Å²) in [7, 11) is 0. The maximum Gasteiger partial charge on any atom is 0.220 e. The van der Waals surface area contributed by atoms with E-state index in [1.54, 1.807) is 6.20 Å². The van der Waals surface area contributed by atoms with Crippen molar-refractivity contribution in [2.75, 3.05) is 6.54 Å². The minimum Gasteiger partial charge on any atom is -0.355 e. The van der Waals surface area contributed by atoms with E-state index in [-0.39, 0.29) is 11.8 Å². The molecule has 1 atom stereocenters. The summed E-state index contributed by atoms with van der Waals surface area (Å²) in [4.78, 5) is 15.2. The molecule has 0 aromatic carbocycles. The van der Waals surface area contributed by atoms with Crippen molar-refractivity contribution in [1.29, 1.82) is 0 Å². The Kier molecular flexibility index (Phi) is 2.42. The van der Waals surface area contributed by atoms with Gasteiger partial charge in [-0.15, -0.1) is 0 Å². The van der Waals surface area contributed by atoms with Crippen LogP contribution in [0.15, 0.2) is 12.3 Å². The third-order valence-corrected chi connectivity index (χ3v) is 2.76. The number of carbonyl (C=O) groups is 1. The second kappa shape index (κ2) is 3.58. The first-order valence-corrected chi connectivity index (χ1v) is 4.93. The van der Waals surface area contributed by atoms with E-state index < -0.39 is 0 Å². The van der Waals surface area contributed by atoms with Crippen LogP contribution in [-0.2, 0) is 4.79 Å². The molecule has 0 saturated carbocycles. The molecule has 1 saturated heterocycles. The first-order chi connectivity index (χ1) is 6.66. The van der Waals surface area contributed by atoms with E-state index in [9.17, 15) is 4.79 Å². The highest BCUT2D eigenvalue weighted by molar-refractivity contribution is 6.31. The van der Waals surface area contributed by atoms with Crippen LogP contribution in [0.3, 0.4) is 0 Å². The molecule has 1 unspecified atom stereocenters. The van der Waals surface area contributed by atoms with Gasteiger partial charge in [0.1, 0.15) is 0 Å². The Bertz CT molecular complexity index is 378. The fourth-order valence-electron chi connectivity index (χ4n) is 1.66. The van der Waals surface area contributed by atoms with Crippen molar-refractivity contribution in [2.24, 2.45) is 0 Å². The van der Waals surface area contributed by atoms with Crippen molar-refractivity contribution in [3.8, 4) is 0 Å². The summed E-state index contributed by atoms with van der Waals surface area (Å²) in [5.41, 5.74) is 1.87. The molecule has 74 valence electrons. The number of halogens is 1. The predicted molar refractivity (Wildman–Crippen MR) is 54.4 cm³/mol. The molecule has 2 heterocycles. The lowest BCUT2D eigenvalue weighted by atomic mass is 10.00. The van der Waals surface area contributed by atoms with Gasteiger partial charge in [-0.05, 0) is 18.6 Å². The zero-order valence-corrected chi connectivity index (χ0v) is 8.64. The molecule has 1 aromatic heterocycles. The Labute approximate surface area is 87.5 Å². The van der Waals surface area contributed by atoms with Crippen LogP contribution in [0.2, 0.25) is 5.02 Å². The number of aromatic nitrogens is 1. The minimum atomic E-state index is 0.0895. The SMILES string of the molecule is Cc1cc(Cl)c(C2CNC(=O)C2)cn1. The third-order valence-electron chi connectivity index (χ3n) is 2.44. The van der Waals surface area contributed by atoms with Crippen LogP contribution in [0.25, 0.3) is 0 Å². The van der Waals surface area contributed by atoms with Gasteiger partial charge in [-0.2, -0.15) is 0 Å². The molecule has 4 heteroatoms. The molecule has 1 fully saturated rings. The number of nitrogens with one attached hydrogen (secondary N) is 1. The van der Waals surface area contributed by atoms with Gasteiger partial charge >= 0.3 is 0 Å². The number of hydrogen-bond acceptors (Lipinski definition) is 2. The van der Waals surface area contributed by atoms with E-state index in [4.69, 9.17) is 11.6 Å². The molecule has 1 aromatic rings. The second-order valence-corrected chi connectivity index (χ2v) is 3.96. The summed E-state index contributed by atoms with van der Waals surface area (Å²) in [5, 5.41) is 3.49. The van der Waals surface area contributed by atoms with E-state index in [2.05, 4.69) is 10.3 Å². The molecule has 1 aliphatic heterocycles. The number of hydrogen-bond donors (Lipinski definition) is 1. The third kappa shape index (κ3) is 1.73. The molecule has 14 heavy (non-hydrogen) atoms. The maximum absolute atomic E-state index is 11.0. The highest BCUT2D eigenvalue weighted by atomic mass is 35.5. The summed E-state index contributed by atoms with van der Waals surface area (Å²) in [6.07, 6.45) is 2.28. The van der Waals surface area contributed by atoms with Gasteiger partial charge in [0.25, 0.3) is 0 Å². The van der Waals surface area contributed by atoms with Gasteiger partial charge in [0.15, 0.2) is 0 Å². The molecule has 0 bridgehead atoms. The Morgan fingerprint density at radius 3 is 3.00 bits per heavy atom. The molecular weight excluding hydrogens is 200 g/mol. The smallest absolute Gasteiger partial charge is 0.220 e. The molecule has 2 rings (SSSR count). The number of pyridine rings is 1. The van der Waals surface area contributed by atoms with Crippen LogP contribution in [-0.4, -0.2) is 17.4 Å². The van der Waals surface area contributed by atoms with E-state index >= 15 is 0 Å². The van der Waals surface area contributed by atoms with Crippen LogP contribution in [0, 0.1) is 6.92 Å². The Morgan fingerprint density at radius 1 is 1.64 bits per heavy atom. The van der Waals surface area contributed by atoms with E-state index in [1.807, 2.05) is 13.0 Å².